The molecule has 2 aromatic carbocycles. The molecule has 0 bridgehead atoms. The monoisotopic (exact) mass is 330 g/mol. The van der Waals surface area contributed by atoms with Crippen LogP contribution in [0.25, 0.3) is 0 Å². The molecular formula is C19H22O5. The zero-order chi connectivity index (χ0) is 17.2. The maximum absolute atomic E-state index is 10.8. The number of hydrogen-bond acceptors (Lipinski definition) is 4. The van der Waals surface area contributed by atoms with Gasteiger partial charge in [0.2, 0.25) is 0 Å². The van der Waals surface area contributed by atoms with Crippen molar-refractivity contribution in [2.45, 2.75) is 19.8 Å². The van der Waals surface area contributed by atoms with Gasteiger partial charge in [0.15, 0.2) is 0 Å². The third-order valence-electron chi connectivity index (χ3n) is 3.31. The molecule has 2 aromatic rings. The van der Waals surface area contributed by atoms with Gasteiger partial charge < -0.3 is 19.3 Å². The summed E-state index contributed by atoms with van der Waals surface area (Å²) in [5.41, 5.74) is 0.256. The summed E-state index contributed by atoms with van der Waals surface area (Å²) in [7, 11) is 0. The Morgan fingerprint density at radius 1 is 0.792 bits per heavy atom. The van der Waals surface area contributed by atoms with Crippen LogP contribution >= 0.6 is 0 Å². The second-order valence-corrected chi connectivity index (χ2v) is 5.14. The Morgan fingerprint density at radius 2 is 1.21 bits per heavy atom. The summed E-state index contributed by atoms with van der Waals surface area (Å²) in [5, 5.41) is 8.82. The smallest absolute Gasteiger partial charge is 0.335 e. The fourth-order valence-electron chi connectivity index (χ4n) is 2.08. The lowest BCUT2D eigenvalue weighted by Gasteiger charge is -2.09. The topological polar surface area (TPSA) is 65.0 Å². The Bertz CT molecular complexity index is 619. The van der Waals surface area contributed by atoms with Crippen molar-refractivity contribution in [3.63, 3.8) is 0 Å². The van der Waals surface area contributed by atoms with Crippen molar-refractivity contribution >= 4 is 5.97 Å². The van der Waals surface area contributed by atoms with Crippen molar-refractivity contribution in [2.75, 3.05) is 19.8 Å². The maximum atomic E-state index is 10.8. The molecule has 24 heavy (non-hydrogen) atoms. The van der Waals surface area contributed by atoms with Gasteiger partial charge in [0.05, 0.1) is 25.4 Å². The van der Waals surface area contributed by atoms with E-state index in [0.717, 1.165) is 24.3 Å². The first-order valence-corrected chi connectivity index (χ1v) is 8.01. The largest absolute Gasteiger partial charge is 0.494 e. The molecule has 0 aliphatic heterocycles. The highest BCUT2D eigenvalue weighted by atomic mass is 16.5. The van der Waals surface area contributed by atoms with E-state index >= 15 is 0 Å². The molecule has 128 valence electrons. The first kappa shape index (κ1) is 17.7. The third kappa shape index (κ3) is 5.83. The first-order chi connectivity index (χ1) is 11.7. The highest BCUT2D eigenvalue weighted by molar-refractivity contribution is 5.87. The number of carbonyl (C=O) groups is 1. The maximum Gasteiger partial charge on any atom is 0.335 e. The number of benzene rings is 2. The van der Waals surface area contributed by atoms with Crippen LogP contribution in [0.5, 0.6) is 17.2 Å². The Balaban J connectivity index is 1.60. The van der Waals surface area contributed by atoms with Gasteiger partial charge in [0.25, 0.3) is 0 Å². The number of carboxylic acid groups (broad SMARTS) is 1. The van der Waals surface area contributed by atoms with E-state index in [4.69, 9.17) is 19.3 Å². The number of aromatic carboxylic acids is 1. The zero-order valence-corrected chi connectivity index (χ0v) is 13.7. The highest BCUT2D eigenvalue weighted by Gasteiger charge is 2.02. The van der Waals surface area contributed by atoms with Crippen molar-refractivity contribution in [1.82, 2.24) is 0 Å². The molecule has 0 fully saturated rings. The van der Waals surface area contributed by atoms with E-state index < -0.39 is 5.97 Å². The molecule has 0 spiro atoms. The molecule has 0 aliphatic carbocycles. The lowest BCUT2D eigenvalue weighted by molar-refractivity contribution is 0.0697. The minimum Gasteiger partial charge on any atom is -0.494 e. The van der Waals surface area contributed by atoms with Crippen molar-refractivity contribution < 1.29 is 24.1 Å². The molecule has 1 N–H and O–H groups in total. The van der Waals surface area contributed by atoms with Crippen LogP contribution in [0.1, 0.15) is 30.1 Å². The molecule has 5 heteroatoms. The number of hydrogen-bond donors (Lipinski definition) is 1. The van der Waals surface area contributed by atoms with Crippen molar-refractivity contribution in [3.8, 4) is 17.2 Å². The van der Waals surface area contributed by atoms with Crippen LogP contribution in [-0.4, -0.2) is 30.9 Å². The SMILES string of the molecule is CCOc1ccc(OCCCCOc2ccc(C(=O)O)cc2)cc1. The Labute approximate surface area is 141 Å². The molecule has 0 heterocycles. The number of unbranched alkanes of at least 4 members (excludes halogenated alkanes) is 1. The van der Waals surface area contributed by atoms with Crippen LogP contribution in [0.2, 0.25) is 0 Å². The molecule has 0 unspecified atom stereocenters. The summed E-state index contributed by atoms with van der Waals surface area (Å²) in [6, 6.07) is 14.0. The number of carboxylic acids is 1. The predicted molar refractivity (Wildman–Crippen MR) is 91.2 cm³/mol. The average molecular weight is 330 g/mol. The summed E-state index contributed by atoms with van der Waals surface area (Å²) in [5.74, 6) is 1.40. The van der Waals surface area contributed by atoms with Gasteiger partial charge in [-0.1, -0.05) is 0 Å². The summed E-state index contributed by atoms with van der Waals surface area (Å²) in [4.78, 5) is 10.8. The van der Waals surface area contributed by atoms with Gasteiger partial charge in [-0.3, -0.25) is 0 Å². The summed E-state index contributed by atoms with van der Waals surface area (Å²) >= 11 is 0. The van der Waals surface area contributed by atoms with Gasteiger partial charge >= 0.3 is 5.97 Å². The number of ether oxygens (including phenoxy) is 3. The van der Waals surface area contributed by atoms with Crippen LogP contribution in [0, 0.1) is 0 Å². The highest BCUT2D eigenvalue weighted by Crippen LogP contribution is 2.18. The lowest BCUT2D eigenvalue weighted by Crippen LogP contribution is -2.03. The summed E-state index contributed by atoms with van der Waals surface area (Å²) < 4.78 is 16.6. The first-order valence-electron chi connectivity index (χ1n) is 8.01. The molecule has 5 nitrogen and oxygen atoms in total. The standard InChI is InChI=1S/C19H22O5/c1-2-22-16-9-11-18(12-10-16)24-14-4-3-13-23-17-7-5-15(6-8-17)19(20)21/h5-12H,2-4,13-14H2,1H3,(H,20,21). The van der Waals surface area contributed by atoms with Gasteiger partial charge in [0, 0.05) is 0 Å². The van der Waals surface area contributed by atoms with E-state index in [-0.39, 0.29) is 5.56 Å². The minimum absolute atomic E-state index is 0.256. The number of rotatable bonds is 10. The van der Waals surface area contributed by atoms with E-state index in [9.17, 15) is 4.79 Å². The molecule has 2 rings (SSSR count). The Hall–Kier alpha value is -2.69. The van der Waals surface area contributed by atoms with Crippen molar-refractivity contribution in [2.24, 2.45) is 0 Å². The molecule has 0 amide bonds. The van der Waals surface area contributed by atoms with Crippen molar-refractivity contribution in [3.05, 3.63) is 54.1 Å². The fraction of sp³-hybridized carbons (Fsp3) is 0.316. The molecular weight excluding hydrogens is 308 g/mol. The Kier molecular flexibility index (Phi) is 6.95. The Morgan fingerprint density at radius 3 is 1.62 bits per heavy atom. The molecule has 0 saturated carbocycles. The van der Waals surface area contributed by atoms with E-state index in [1.165, 1.54) is 12.1 Å². The second kappa shape index (κ2) is 9.45. The average Bonchev–Trinajstić information content (AvgIpc) is 2.60. The van der Waals surface area contributed by atoms with Crippen LogP contribution < -0.4 is 14.2 Å². The molecule has 0 atom stereocenters. The quantitative estimate of drug-likeness (QED) is 0.667. The van der Waals surface area contributed by atoms with Crippen molar-refractivity contribution in [1.29, 1.82) is 0 Å². The van der Waals surface area contributed by atoms with Crippen LogP contribution in [0.3, 0.4) is 0 Å². The van der Waals surface area contributed by atoms with Gasteiger partial charge in [0.1, 0.15) is 17.2 Å². The summed E-state index contributed by atoms with van der Waals surface area (Å²) in [6.07, 6.45) is 1.73. The zero-order valence-electron chi connectivity index (χ0n) is 13.7. The van der Waals surface area contributed by atoms with Crippen LogP contribution in [-0.2, 0) is 0 Å². The summed E-state index contributed by atoms with van der Waals surface area (Å²) in [6.45, 7) is 3.79. The predicted octanol–water partition coefficient (Wildman–Crippen LogP) is 4.02. The van der Waals surface area contributed by atoms with Gasteiger partial charge in [-0.25, -0.2) is 4.79 Å². The fourth-order valence-corrected chi connectivity index (χ4v) is 2.08. The van der Waals surface area contributed by atoms with E-state index in [0.29, 0.717) is 25.6 Å². The minimum atomic E-state index is -0.937. The van der Waals surface area contributed by atoms with Crippen LogP contribution in [0.4, 0.5) is 0 Å². The normalized spacial score (nSPS) is 10.2. The van der Waals surface area contributed by atoms with Gasteiger partial charge in [-0.15, -0.1) is 0 Å². The molecule has 0 aliphatic rings. The van der Waals surface area contributed by atoms with E-state index in [2.05, 4.69) is 0 Å². The lowest BCUT2D eigenvalue weighted by atomic mass is 10.2. The van der Waals surface area contributed by atoms with E-state index in [1.807, 2.05) is 31.2 Å². The van der Waals surface area contributed by atoms with E-state index in [1.54, 1.807) is 12.1 Å². The third-order valence-corrected chi connectivity index (χ3v) is 3.31. The molecule has 0 aromatic heterocycles. The molecule has 0 radical (unpaired) electrons. The van der Waals surface area contributed by atoms with Crippen LogP contribution in [0.15, 0.2) is 48.5 Å². The van der Waals surface area contributed by atoms with Gasteiger partial charge in [-0.05, 0) is 68.3 Å². The molecule has 0 saturated heterocycles. The second-order valence-electron chi connectivity index (χ2n) is 5.14. The van der Waals surface area contributed by atoms with Gasteiger partial charge in [-0.2, -0.15) is 0 Å².